The van der Waals surface area contributed by atoms with Crippen molar-refractivity contribution in [3.05, 3.63) is 35.0 Å². The van der Waals surface area contributed by atoms with E-state index in [0.717, 1.165) is 17.0 Å². The smallest absolute Gasteiger partial charge is 0.0499 e. The summed E-state index contributed by atoms with van der Waals surface area (Å²) in [6, 6.07) is 8.06. The molecule has 0 amide bonds. The minimum absolute atomic E-state index is 0.650. The van der Waals surface area contributed by atoms with Crippen LogP contribution in [0.3, 0.4) is 0 Å². The monoisotopic (exact) mass is 208 g/mol. The molecule has 0 radical (unpaired) electrons. The van der Waals surface area contributed by atoms with Gasteiger partial charge in [-0.25, -0.2) is 0 Å². The van der Waals surface area contributed by atoms with Gasteiger partial charge in [-0.1, -0.05) is 17.7 Å². The Morgan fingerprint density at radius 1 is 1.43 bits per heavy atom. The maximum atomic E-state index is 6.10. The maximum Gasteiger partial charge on any atom is 0.0499 e. The van der Waals surface area contributed by atoms with E-state index in [1.807, 2.05) is 12.1 Å². The first-order chi connectivity index (χ1) is 6.74. The van der Waals surface area contributed by atoms with Crippen molar-refractivity contribution >= 4 is 22.5 Å². The molecule has 0 aliphatic heterocycles. The van der Waals surface area contributed by atoms with Crippen LogP contribution < -0.4 is 5.73 Å². The summed E-state index contributed by atoms with van der Waals surface area (Å²) >= 11 is 6.10. The van der Waals surface area contributed by atoms with Gasteiger partial charge in [0.1, 0.15) is 0 Å². The second-order valence-corrected chi connectivity index (χ2v) is 3.81. The molecule has 0 atom stereocenters. The summed E-state index contributed by atoms with van der Waals surface area (Å²) in [4.78, 5) is 0. The van der Waals surface area contributed by atoms with Gasteiger partial charge in [0.05, 0.1) is 0 Å². The number of aryl methyl sites for hydroxylation is 1. The van der Waals surface area contributed by atoms with E-state index in [0.29, 0.717) is 6.54 Å². The largest absolute Gasteiger partial charge is 0.344 e. The van der Waals surface area contributed by atoms with E-state index in [1.54, 1.807) is 0 Å². The Morgan fingerprint density at radius 2 is 2.21 bits per heavy atom. The SMILES string of the molecule is Cc1cc2c(Cl)cccc2n1CCN. The molecule has 14 heavy (non-hydrogen) atoms. The fourth-order valence-electron chi connectivity index (χ4n) is 1.81. The molecule has 0 spiro atoms. The highest BCUT2D eigenvalue weighted by atomic mass is 35.5. The zero-order valence-electron chi connectivity index (χ0n) is 8.13. The Balaban J connectivity index is 2.70. The molecule has 1 aromatic carbocycles. The first-order valence-corrected chi connectivity index (χ1v) is 5.06. The fraction of sp³-hybridized carbons (Fsp3) is 0.273. The zero-order valence-corrected chi connectivity index (χ0v) is 8.88. The summed E-state index contributed by atoms with van der Waals surface area (Å²) in [5, 5.41) is 1.92. The Bertz CT molecular complexity index is 460. The lowest BCUT2D eigenvalue weighted by atomic mass is 10.2. The number of fused-ring (bicyclic) bond motifs is 1. The Labute approximate surface area is 88.3 Å². The van der Waals surface area contributed by atoms with Crippen molar-refractivity contribution in [1.82, 2.24) is 4.57 Å². The van der Waals surface area contributed by atoms with Gasteiger partial charge >= 0.3 is 0 Å². The summed E-state index contributed by atoms with van der Waals surface area (Å²) in [5.41, 5.74) is 7.94. The predicted molar refractivity (Wildman–Crippen MR) is 60.7 cm³/mol. The van der Waals surface area contributed by atoms with Crippen LogP contribution >= 0.6 is 11.6 Å². The number of rotatable bonds is 2. The van der Waals surface area contributed by atoms with E-state index in [9.17, 15) is 0 Å². The molecule has 2 N–H and O–H groups in total. The first kappa shape index (κ1) is 9.56. The third-order valence-corrected chi connectivity index (χ3v) is 2.78. The molecule has 2 aromatic rings. The first-order valence-electron chi connectivity index (χ1n) is 4.68. The van der Waals surface area contributed by atoms with Crippen molar-refractivity contribution in [3.63, 3.8) is 0 Å². The Morgan fingerprint density at radius 3 is 2.93 bits per heavy atom. The van der Waals surface area contributed by atoms with Crippen LogP contribution in [-0.4, -0.2) is 11.1 Å². The van der Waals surface area contributed by atoms with Gasteiger partial charge in [-0.15, -0.1) is 0 Å². The molecule has 0 bridgehead atoms. The Hall–Kier alpha value is -0.990. The van der Waals surface area contributed by atoms with E-state index in [1.165, 1.54) is 11.2 Å². The van der Waals surface area contributed by atoms with Gasteiger partial charge in [-0.05, 0) is 25.1 Å². The van der Waals surface area contributed by atoms with Crippen molar-refractivity contribution < 1.29 is 0 Å². The average Bonchev–Trinajstić information content (AvgIpc) is 2.47. The molecule has 3 heteroatoms. The number of nitrogens with zero attached hydrogens (tertiary/aromatic N) is 1. The molecule has 1 aromatic heterocycles. The van der Waals surface area contributed by atoms with Crippen LogP contribution in [0.1, 0.15) is 5.69 Å². The molecule has 0 saturated heterocycles. The van der Waals surface area contributed by atoms with Crippen molar-refractivity contribution in [2.75, 3.05) is 6.54 Å². The Kier molecular flexibility index (Phi) is 2.48. The van der Waals surface area contributed by atoms with E-state index < -0.39 is 0 Å². The molecule has 0 saturated carbocycles. The number of benzene rings is 1. The van der Waals surface area contributed by atoms with Gasteiger partial charge in [0, 0.05) is 34.7 Å². The number of hydrogen-bond donors (Lipinski definition) is 1. The molecular weight excluding hydrogens is 196 g/mol. The average molecular weight is 209 g/mol. The highest BCUT2D eigenvalue weighted by molar-refractivity contribution is 6.35. The lowest BCUT2D eigenvalue weighted by molar-refractivity contribution is 0.715. The molecule has 74 valence electrons. The number of hydrogen-bond acceptors (Lipinski definition) is 1. The number of aromatic nitrogens is 1. The highest BCUT2D eigenvalue weighted by Crippen LogP contribution is 2.26. The van der Waals surface area contributed by atoms with E-state index in [2.05, 4.69) is 23.6 Å². The number of nitrogens with two attached hydrogens (primary N) is 1. The van der Waals surface area contributed by atoms with Gasteiger partial charge in [0.25, 0.3) is 0 Å². The lowest BCUT2D eigenvalue weighted by Gasteiger charge is -2.05. The molecule has 2 nitrogen and oxygen atoms in total. The van der Waals surface area contributed by atoms with Crippen LogP contribution in [0.5, 0.6) is 0 Å². The highest BCUT2D eigenvalue weighted by Gasteiger charge is 2.06. The molecule has 1 heterocycles. The molecule has 0 fully saturated rings. The van der Waals surface area contributed by atoms with Gasteiger partial charge in [0.2, 0.25) is 0 Å². The van der Waals surface area contributed by atoms with Crippen LogP contribution in [0.25, 0.3) is 10.9 Å². The fourth-order valence-corrected chi connectivity index (χ4v) is 2.03. The lowest BCUT2D eigenvalue weighted by Crippen LogP contribution is -2.10. The third kappa shape index (κ3) is 1.41. The van der Waals surface area contributed by atoms with Gasteiger partial charge < -0.3 is 10.3 Å². The topological polar surface area (TPSA) is 30.9 Å². The minimum Gasteiger partial charge on any atom is -0.344 e. The van der Waals surface area contributed by atoms with Crippen molar-refractivity contribution in [2.24, 2.45) is 5.73 Å². The summed E-state index contributed by atoms with van der Waals surface area (Å²) in [6.07, 6.45) is 0. The number of halogens is 1. The van der Waals surface area contributed by atoms with Crippen LogP contribution in [0.15, 0.2) is 24.3 Å². The zero-order chi connectivity index (χ0) is 10.1. The van der Waals surface area contributed by atoms with E-state index >= 15 is 0 Å². The van der Waals surface area contributed by atoms with Gasteiger partial charge in [0.15, 0.2) is 0 Å². The van der Waals surface area contributed by atoms with Crippen molar-refractivity contribution in [3.8, 4) is 0 Å². The second kappa shape index (κ2) is 3.64. The van der Waals surface area contributed by atoms with Crippen LogP contribution in [0.2, 0.25) is 5.02 Å². The van der Waals surface area contributed by atoms with Gasteiger partial charge in [-0.3, -0.25) is 0 Å². The summed E-state index contributed by atoms with van der Waals surface area (Å²) in [7, 11) is 0. The van der Waals surface area contributed by atoms with Crippen LogP contribution in [0, 0.1) is 6.92 Å². The summed E-state index contributed by atoms with van der Waals surface area (Å²) in [6.45, 7) is 3.57. The molecule has 0 aliphatic rings. The van der Waals surface area contributed by atoms with E-state index in [-0.39, 0.29) is 0 Å². The van der Waals surface area contributed by atoms with Crippen LogP contribution in [0.4, 0.5) is 0 Å². The normalized spacial score (nSPS) is 11.1. The quantitative estimate of drug-likeness (QED) is 0.808. The molecule has 0 unspecified atom stereocenters. The van der Waals surface area contributed by atoms with Gasteiger partial charge in [-0.2, -0.15) is 0 Å². The van der Waals surface area contributed by atoms with Crippen LogP contribution in [-0.2, 0) is 6.54 Å². The summed E-state index contributed by atoms with van der Waals surface area (Å²) < 4.78 is 2.20. The maximum absolute atomic E-state index is 6.10. The van der Waals surface area contributed by atoms with E-state index in [4.69, 9.17) is 17.3 Å². The second-order valence-electron chi connectivity index (χ2n) is 3.40. The summed E-state index contributed by atoms with van der Waals surface area (Å²) in [5.74, 6) is 0. The molecular formula is C11H13ClN2. The molecule has 2 rings (SSSR count). The van der Waals surface area contributed by atoms with Crippen molar-refractivity contribution in [1.29, 1.82) is 0 Å². The molecule has 0 aliphatic carbocycles. The standard InChI is InChI=1S/C11H13ClN2/c1-8-7-9-10(12)3-2-4-11(9)14(8)6-5-13/h2-4,7H,5-6,13H2,1H3. The van der Waals surface area contributed by atoms with Crippen molar-refractivity contribution in [2.45, 2.75) is 13.5 Å². The third-order valence-electron chi connectivity index (χ3n) is 2.45. The minimum atomic E-state index is 0.650. The predicted octanol–water partition coefficient (Wildman–Crippen LogP) is 2.56.